The van der Waals surface area contributed by atoms with Crippen LogP contribution in [0.25, 0.3) is 0 Å². The number of rotatable bonds is 5. The van der Waals surface area contributed by atoms with Crippen molar-refractivity contribution in [1.82, 2.24) is 0 Å². The van der Waals surface area contributed by atoms with Gasteiger partial charge in [0.15, 0.2) is 0 Å². The molecule has 0 spiro atoms. The minimum absolute atomic E-state index is 0.0941. The fourth-order valence-corrected chi connectivity index (χ4v) is 3.10. The first-order valence-electron chi connectivity index (χ1n) is 7.20. The number of para-hydroxylation sites is 1. The third-order valence-electron chi connectivity index (χ3n) is 4.14. The highest BCUT2D eigenvalue weighted by molar-refractivity contribution is 5.96. The minimum Gasteiger partial charge on any atom is -0.329 e. The van der Waals surface area contributed by atoms with E-state index in [1.54, 1.807) is 0 Å². The van der Waals surface area contributed by atoms with Gasteiger partial charge in [-0.3, -0.25) is 4.79 Å². The van der Waals surface area contributed by atoms with Crippen LogP contribution in [-0.4, -0.2) is 12.5 Å². The second kappa shape index (κ2) is 5.74. The molecule has 1 aromatic carbocycles. The molecule has 0 heterocycles. The Hall–Kier alpha value is -1.35. The number of aryl methyl sites for hydroxylation is 1. The molecule has 0 saturated heterocycles. The van der Waals surface area contributed by atoms with Gasteiger partial charge in [-0.05, 0) is 36.8 Å². The molecule has 2 rings (SSSR count). The predicted molar refractivity (Wildman–Crippen MR) is 79.0 cm³/mol. The topological polar surface area (TPSA) is 55.1 Å². The lowest BCUT2D eigenvalue weighted by molar-refractivity contribution is -0.132. The monoisotopic (exact) mass is 260 g/mol. The van der Waals surface area contributed by atoms with Crippen molar-refractivity contribution in [3.63, 3.8) is 0 Å². The van der Waals surface area contributed by atoms with Crippen molar-refractivity contribution < 1.29 is 4.79 Å². The van der Waals surface area contributed by atoms with Crippen LogP contribution in [0.1, 0.15) is 38.7 Å². The van der Waals surface area contributed by atoms with Crippen LogP contribution in [0.2, 0.25) is 0 Å². The molecule has 0 bridgehead atoms. The number of hydrogen-bond acceptors (Lipinski definition) is 2. The van der Waals surface area contributed by atoms with E-state index in [4.69, 9.17) is 5.73 Å². The van der Waals surface area contributed by atoms with Crippen molar-refractivity contribution in [3.05, 3.63) is 29.8 Å². The molecule has 1 aliphatic carbocycles. The van der Waals surface area contributed by atoms with Crippen LogP contribution in [-0.2, 0) is 11.2 Å². The Labute approximate surface area is 115 Å². The Balaban J connectivity index is 2.10. The van der Waals surface area contributed by atoms with E-state index >= 15 is 0 Å². The van der Waals surface area contributed by atoms with Crippen LogP contribution in [0.4, 0.5) is 5.69 Å². The molecule has 0 unspecified atom stereocenters. The number of anilines is 1. The summed E-state index contributed by atoms with van der Waals surface area (Å²) in [6, 6.07) is 8.05. The van der Waals surface area contributed by atoms with Gasteiger partial charge in [0.2, 0.25) is 5.91 Å². The zero-order chi connectivity index (χ0) is 13.9. The molecule has 3 nitrogen and oxygen atoms in total. The van der Waals surface area contributed by atoms with E-state index in [-0.39, 0.29) is 11.3 Å². The van der Waals surface area contributed by atoms with Crippen molar-refractivity contribution >= 4 is 11.6 Å². The van der Waals surface area contributed by atoms with Crippen molar-refractivity contribution in [1.29, 1.82) is 0 Å². The maximum atomic E-state index is 12.5. The highest BCUT2D eigenvalue weighted by Crippen LogP contribution is 2.45. The lowest BCUT2D eigenvalue weighted by atomic mass is 9.62. The van der Waals surface area contributed by atoms with Gasteiger partial charge >= 0.3 is 0 Å². The Morgan fingerprint density at radius 2 is 2.11 bits per heavy atom. The lowest BCUT2D eigenvalue weighted by Crippen LogP contribution is -2.51. The van der Waals surface area contributed by atoms with E-state index in [2.05, 4.69) is 25.2 Å². The SMILES string of the molecule is CCCc1ccccc1NC(=O)C1(CN)CC(C)C1. The van der Waals surface area contributed by atoms with Crippen molar-refractivity contribution in [3.8, 4) is 0 Å². The summed E-state index contributed by atoms with van der Waals surface area (Å²) in [7, 11) is 0. The first kappa shape index (κ1) is 14.1. The van der Waals surface area contributed by atoms with Crippen LogP contribution in [0.5, 0.6) is 0 Å². The molecular weight excluding hydrogens is 236 g/mol. The molecule has 1 amide bonds. The maximum absolute atomic E-state index is 12.5. The molecule has 0 aliphatic heterocycles. The number of nitrogens with one attached hydrogen (secondary N) is 1. The molecule has 1 saturated carbocycles. The second-order valence-electron chi connectivity index (χ2n) is 5.86. The molecule has 19 heavy (non-hydrogen) atoms. The molecule has 1 aromatic rings. The van der Waals surface area contributed by atoms with E-state index in [9.17, 15) is 4.79 Å². The summed E-state index contributed by atoms with van der Waals surface area (Å²) < 4.78 is 0. The van der Waals surface area contributed by atoms with Gasteiger partial charge in [0.05, 0.1) is 5.41 Å². The Bertz CT molecular complexity index is 450. The van der Waals surface area contributed by atoms with Crippen molar-refractivity contribution in [2.24, 2.45) is 17.1 Å². The van der Waals surface area contributed by atoms with E-state index in [1.807, 2.05) is 18.2 Å². The standard InChI is InChI=1S/C16H24N2O/c1-3-6-13-7-4-5-8-14(13)18-15(19)16(11-17)9-12(2)10-16/h4-5,7-8,12H,3,6,9-11,17H2,1-2H3,(H,18,19). The Morgan fingerprint density at radius 3 is 2.68 bits per heavy atom. The van der Waals surface area contributed by atoms with Gasteiger partial charge in [-0.15, -0.1) is 0 Å². The van der Waals surface area contributed by atoms with Crippen LogP contribution in [0, 0.1) is 11.3 Å². The fraction of sp³-hybridized carbons (Fsp3) is 0.562. The smallest absolute Gasteiger partial charge is 0.231 e. The van der Waals surface area contributed by atoms with Crippen LogP contribution in [0.15, 0.2) is 24.3 Å². The minimum atomic E-state index is -0.335. The summed E-state index contributed by atoms with van der Waals surface area (Å²) in [4.78, 5) is 12.5. The van der Waals surface area contributed by atoms with E-state index in [0.29, 0.717) is 12.5 Å². The Kier molecular flexibility index (Phi) is 4.25. The van der Waals surface area contributed by atoms with Crippen molar-refractivity contribution in [2.75, 3.05) is 11.9 Å². The number of hydrogen-bond donors (Lipinski definition) is 2. The quantitative estimate of drug-likeness (QED) is 0.855. The zero-order valence-corrected chi connectivity index (χ0v) is 11.9. The van der Waals surface area contributed by atoms with Gasteiger partial charge < -0.3 is 11.1 Å². The summed E-state index contributed by atoms with van der Waals surface area (Å²) in [5.74, 6) is 0.705. The molecule has 104 valence electrons. The third kappa shape index (κ3) is 2.81. The first-order chi connectivity index (χ1) is 9.11. The predicted octanol–water partition coefficient (Wildman–Crippen LogP) is 2.95. The second-order valence-corrected chi connectivity index (χ2v) is 5.86. The highest BCUT2D eigenvalue weighted by Gasteiger charge is 2.47. The molecule has 0 atom stereocenters. The average Bonchev–Trinajstić information content (AvgIpc) is 2.37. The van der Waals surface area contributed by atoms with Gasteiger partial charge in [-0.2, -0.15) is 0 Å². The fourth-order valence-electron chi connectivity index (χ4n) is 3.10. The number of benzene rings is 1. The van der Waals surface area contributed by atoms with Gasteiger partial charge in [-0.1, -0.05) is 38.5 Å². The number of amides is 1. The number of nitrogens with two attached hydrogens (primary N) is 1. The number of carbonyl (C=O) groups excluding carboxylic acids is 1. The highest BCUT2D eigenvalue weighted by atomic mass is 16.2. The van der Waals surface area contributed by atoms with E-state index in [1.165, 1.54) is 5.56 Å². The average molecular weight is 260 g/mol. The normalized spacial score (nSPS) is 25.7. The summed E-state index contributed by atoms with van der Waals surface area (Å²) in [6.45, 7) is 4.76. The molecule has 3 N–H and O–H groups in total. The maximum Gasteiger partial charge on any atom is 0.231 e. The van der Waals surface area contributed by atoms with E-state index < -0.39 is 0 Å². The zero-order valence-electron chi connectivity index (χ0n) is 11.9. The molecular formula is C16H24N2O. The number of carbonyl (C=O) groups is 1. The molecule has 0 aromatic heterocycles. The van der Waals surface area contributed by atoms with Gasteiger partial charge in [-0.25, -0.2) is 0 Å². The molecule has 0 radical (unpaired) electrons. The third-order valence-corrected chi connectivity index (χ3v) is 4.14. The largest absolute Gasteiger partial charge is 0.329 e. The summed E-state index contributed by atoms with van der Waals surface area (Å²) in [5.41, 5.74) is 7.64. The molecule has 1 aliphatic rings. The van der Waals surface area contributed by atoms with Crippen LogP contribution in [0.3, 0.4) is 0 Å². The molecule has 1 fully saturated rings. The van der Waals surface area contributed by atoms with Gasteiger partial charge in [0, 0.05) is 12.2 Å². The summed E-state index contributed by atoms with van der Waals surface area (Å²) >= 11 is 0. The first-order valence-corrected chi connectivity index (χ1v) is 7.20. The van der Waals surface area contributed by atoms with Gasteiger partial charge in [0.25, 0.3) is 0 Å². The van der Waals surface area contributed by atoms with Crippen molar-refractivity contribution in [2.45, 2.75) is 39.5 Å². The summed E-state index contributed by atoms with van der Waals surface area (Å²) in [6.07, 6.45) is 3.88. The lowest BCUT2D eigenvalue weighted by Gasteiger charge is -2.44. The van der Waals surface area contributed by atoms with Gasteiger partial charge in [0.1, 0.15) is 0 Å². The van der Waals surface area contributed by atoms with Crippen LogP contribution < -0.4 is 11.1 Å². The van der Waals surface area contributed by atoms with E-state index in [0.717, 1.165) is 31.4 Å². The summed E-state index contributed by atoms with van der Waals surface area (Å²) in [5, 5.41) is 3.09. The van der Waals surface area contributed by atoms with Crippen LogP contribution >= 0.6 is 0 Å². The Morgan fingerprint density at radius 1 is 1.42 bits per heavy atom. The molecule has 3 heteroatoms.